The molecular formula is C18H20ClF3N2O2. The van der Waals surface area contributed by atoms with E-state index in [4.69, 9.17) is 5.73 Å². The number of nitrogens with one attached hydrogen (secondary N) is 1. The summed E-state index contributed by atoms with van der Waals surface area (Å²) in [5.74, 6) is -0.172. The molecule has 0 radical (unpaired) electrons. The average Bonchev–Trinajstić information content (AvgIpc) is 2.59. The molecule has 1 atom stereocenters. The van der Waals surface area contributed by atoms with Crippen LogP contribution in [0.4, 0.5) is 13.2 Å². The molecule has 0 aliphatic rings. The predicted octanol–water partition coefficient (Wildman–Crippen LogP) is 3.24. The first-order valence-electron chi connectivity index (χ1n) is 7.69. The number of carbonyl (C=O) groups is 1. The Kier molecular flexibility index (Phi) is 8.41. The van der Waals surface area contributed by atoms with Gasteiger partial charge >= 0.3 is 6.18 Å². The van der Waals surface area contributed by atoms with Crippen molar-refractivity contribution in [1.82, 2.24) is 5.32 Å². The molecule has 2 aromatic rings. The van der Waals surface area contributed by atoms with Crippen LogP contribution < -0.4 is 15.8 Å². The first kappa shape index (κ1) is 21.8. The van der Waals surface area contributed by atoms with Crippen molar-refractivity contribution in [3.8, 4) is 5.75 Å². The fourth-order valence-electron chi connectivity index (χ4n) is 2.15. The zero-order chi connectivity index (χ0) is 18.3. The summed E-state index contributed by atoms with van der Waals surface area (Å²) in [6.07, 6.45) is -3.95. The number of benzene rings is 2. The Morgan fingerprint density at radius 1 is 1.04 bits per heavy atom. The molecule has 1 unspecified atom stereocenters. The molecule has 0 aliphatic heterocycles. The van der Waals surface area contributed by atoms with E-state index >= 15 is 0 Å². The van der Waals surface area contributed by atoms with Crippen molar-refractivity contribution in [2.75, 3.05) is 6.61 Å². The lowest BCUT2D eigenvalue weighted by atomic mass is 10.1. The maximum Gasteiger partial charge on any atom is 0.422 e. The third-order valence-electron chi connectivity index (χ3n) is 3.43. The molecular weight excluding hydrogens is 369 g/mol. The summed E-state index contributed by atoms with van der Waals surface area (Å²) in [7, 11) is 0. The van der Waals surface area contributed by atoms with Gasteiger partial charge in [-0.05, 0) is 29.7 Å². The number of carbonyl (C=O) groups excluding carboxylic acids is 1. The second kappa shape index (κ2) is 10.0. The summed E-state index contributed by atoms with van der Waals surface area (Å²) in [5, 5.41) is 2.71. The van der Waals surface area contributed by atoms with Gasteiger partial charge in [0.25, 0.3) is 0 Å². The van der Waals surface area contributed by atoms with E-state index in [1.807, 2.05) is 30.3 Å². The van der Waals surface area contributed by atoms with E-state index in [1.54, 1.807) is 12.1 Å². The van der Waals surface area contributed by atoms with Gasteiger partial charge in [-0.15, -0.1) is 12.4 Å². The van der Waals surface area contributed by atoms with Crippen LogP contribution in [0.2, 0.25) is 0 Å². The first-order valence-corrected chi connectivity index (χ1v) is 7.69. The fraction of sp³-hybridized carbons (Fsp3) is 0.278. The number of hydrogen-bond donors (Lipinski definition) is 2. The molecule has 1 amide bonds. The Hall–Kier alpha value is -2.25. The molecule has 4 nitrogen and oxygen atoms in total. The van der Waals surface area contributed by atoms with Crippen LogP contribution >= 0.6 is 12.4 Å². The van der Waals surface area contributed by atoms with Crippen molar-refractivity contribution < 1.29 is 22.7 Å². The number of alkyl halides is 3. The average molecular weight is 389 g/mol. The van der Waals surface area contributed by atoms with Crippen LogP contribution in [0.15, 0.2) is 54.6 Å². The molecule has 0 heterocycles. The molecule has 0 aromatic heterocycles. The zero-order valence-corrected chi connectivity index (χ0v) is 14.6. The summed E-state index contributed by atoms with van der Waals surface area (Å²) >= 11 is 0. The maximum atomic E-state index is 12.1. The fourth-order valence-corrected chi connectivity index (χ4v) is 2.15. The number of halogens is 4. The van der Waals surface area contributed by atoms with Crippen molar-refractivity contribution in [3.63, 3.8) is 0 Å². The highest BCUT2D eigenvalue weighted by Gasteiger charge is 2.28. The molecule has 142 valence electrons. The summed E-state index contributed by atoms with van der Waals surface area (Å²) < 4.78 is 40.9. The lowest BCUT2D eigenvalue weighted by Crippen LogP contribution is -2.41. The summed E-state index contributed by atoms with van der Waals surface area (Å²) in [4.78, 5) is 12.0. The van der Waals surface area contributed by atoms with Gasteiger partial charge in [0.15, 0.2) is 6.61 Å². The van der Waals surface area contributed by atoms with Gasteiger partial charge in [0.05, 0.1) is 6.04 Å². The van der Waals surface area contributed by atoms with Gasteiger partial charge in [-0.1, -0.05) is 42.5 Å². The Balaban J connectivity index is 0.00000338. The van der Waals surface area contributed by atoms with Gasteiger partial charge in [0.1, 0.15) is 5.75 Å². The summed E-state index contributed by atoms with van der Waals surface area (Å²) in [6.45, 7) is -1.10. The molecule has 0 aliphatic carbocycles. The van der Waals surface area contributed by atoms with E-state index in [1.165, 1.54) is 12.1 Å². The largest absolute Gasteiger partial charge is 0.484 e. The third kappa shape index (κ3) is 7.76. The molecule has 0 fully saturated rings. The van der Waals surface area contributed by atoms with E-state index in [-0.39, 0.29) is 30.6 Å². The van der Waals surface area contributed by atoms with Crippen molar-refractivity contribution in [2.45, 2.75) is 25.2 Å². The van der Waals surface area contributed by atoms with E-state index in [9.17, 15) is 18.0 Å². The minimum Gasteiger partial charge on any atom is -0.484 e. The number of hydrogen-bond acceptors (Lipinski definition) is 3. The summed E-state index contributed by atoms with van der Waals surface area (Å²) in [5.41, 5.74) is 7.58. The minimum atomic E-state index is -4.37. The van der Waals surface area contributed by atoms with Crippen LogP contribution in [0, 0.1) is 0 Å². The molecule has 2 rings (SSSR count). The maximum absolute atomic E-state index is 12.1. The minimum absolute atomic E-state index is 0. The van der Waals surface area contributed by atoms with Crippen molar-refractivity contribution >= 4 is 18.3 Å². The van der Waals surface area contributed by atoms with Gasteiger partial charge in [0, 0.05) is 6.54 Å². The number of amides is 1. The van der Waals surface area contributed by atoms with E-state index in [0.29, 0.717) is 6.42 Å². The van der Waals surface area contributed by atoms with E-state index in [0.717, 1.165) is 11.1 Å². The molecule has 0 bridgehead atoms. The Morgan fingerprint density at radius 3 is 2.23 bits per heavy atom. The zero-order valence-electron chi connectivity index (χ0n) is 13.8. The van der Waals surface area contributed by atoms with Crippen molar-refractivity contribution in [1.29, 1.82) is 0 Å². The predicted molar refractivity (Wildman–Crippen MR) is 95.2 cm³/mol. The second-order valence-electron chi connectivity index (χ2n) is 5.56. The Bertz CT molecular complexity index is 679. The van der Waals surface area contributed by atoms with Gasteiger partial charge in [-0.3, -0.25) is 4.79 Å². The van der Waals surface area contributed by atoms with Crippen LogP contribution in [0.1, 0.15) is 11.1 Å². The summed E-state index contributed by atoms with van der Waals surface area (Å²) in [6, 6.07) is 14.8. The van der Waals surface area contributed by atoms with Crippen LogP contribution in [-0.2, 0) is 17.8 Å². The third-order valence-corrected chi connectivity index (χ3v) is 3.43. The van der Waals surface area contributed by atoms with Crippen LogP contribution in [0.3, 0.4) is 0 Å². The number of ether oxygens (including phenoxy) is 1. The number of nitrogens with two attached hydrogens (primary N) is 1. The molecule has 3 N–H and O–H groups in total. The molecule has 2 aromatic carbocycles. The lowest BCUT2D eigenvalue weighted by molar-refractivity contribution is -0.153. The topological polar surface area (TPSA) is 64.4 Å². The molecule has 0 saturated heterocycles. The lowest BCUT2D eigenvalue weighted by Gasteiger charge is -2.13. The van der Waals surface area contributed by atoms with E-state index < -0.39 is 18.8 Å². The highest BCUT2D eigenvalue weighted by atomic mass is 35.5. The first-order chi connectivity index (χ1) is 11.8. The van der Waals surface area contributed by atoms with Crippen LogP contribution in [0.5, 0.6) is 5.75 Å². The van der Waals surface area contributed by atoms with Gasteiger partial charge in [-0.2, -0.15) is 13.2 Å². The quantitative estimate of drug-likeness (QED) is 0.765. The molecule has 8 heteroatoms. The van der Waals surface area contributed by atoms with Gasteiger partial charge < -0.3 is 15.8 Å². The Morgan fingerprint density at radius 2 is 1.65 bits per heavy atom. The highest BCUT2D eigenvalue weighted by Crippen LogP contribution is 2.18. The SMILES string of the molecule is Cl.NC(Cc1ccccc1)C(=O)NCc1ccc(OCC(F)(F)F)cc1. The standard InChI is InChI=1S/C18H19F3N2O2.ClH/c19-18(20,21)12-25-15-8-6-14(7-9-15)11-23-17(24)16(22)10-13-4-2-1-3-5-13;/h1-9,16H,10-12,22H2,(H,23,24);1H. The molecule has 0 saturated carbocycles. The van der Waals surface area contributed by atoms with Crippen LogP contribution in [-0.4, -0.2) is 24.7 Å². The normalized spacial score (nSPS) is 12.0. The monoisotopic (exact) mass is 388 g/mol. The highest BCUT2D eigenvalue weighted by molar-refractivity contribution is 5.85. The van der Waals surface area contributed by atoms with Crippen molar-refractivity contribution in [2.24, 2.45) is 5.73 Å². The molecule has 0 spiro atoms. The van der Waals surface area contributed by atoms with E-state index in [2.05, 4.69) is 10.1 Å². The molecule has 26 heavy (non-hydrogen) atoms. The van der Waals surface area contributed by atoms with Crippen LogP contribution in [0.25, 0.3) is 0 Å². The van der Waals surface area contributed by atoms with Gasteiger partial charge in [-0.25, -0.2) is 0 Å². The Labute approximate surface area is 155 Å². The second-order valence-corrected chi connectivity index (χ2v) is 5.56. The number of rotatable bonds is 7. The van der Waals surface area contributed by atoms with Crippen molar-refractivity contribution in [3.05, 3.63) is 65.7 Å². The van der Waals surface area contributed by atoms with Gasteiger partial charge in [0.2, 0.25) is 5.91 Å². The smallest absolute Gasteiger partial charge is 0.422 e.